The van der Waals surface area contributed by atoms with Crippen molar-refractivity contribution in [3.63, 3.8) is 0 Å². The Hall–Kier alpha value is 0.990. The molecular formula is HCuInO2. The molecule has 0 aromatic rings. The van der Waals surface area contributed by atoms with E-state index in [-0.39, 0.29) is 24.4 Å². The van der Waals surface area contributed by atoms with E-state index in [2.05, 4.69) is 15.9 Å². The summed E-state index contributed by atoms with van der Waals surface area (Å²) < 4.78 is 16.2. The summed E-state index contributed by atoms with van der Waals surface area (Å²) in [6.45, 7) is 0. The fourth-order valence-electron chi connectivity index (χ4n) is 0. The molecule has 0 amide bonds. The quantitative estimate of drug-likeness (QED) is 0.487. The molecule has 0 saturated heterocycles. The van der Waals surface area contributed by atoms with E-state index in [0.717, 1.165) is 0 Å². The maximum atomic E-state index is 8.42. The Labute approximate surface area is 47.0 Å². The molecule has 0 unspecified atom stereocenters. The van der Waals surface area contributed by atoms with Crippen LogP contribution in [0.1, 0.15) is 0 Å². The van der Waals surface area contributed by atoms with Crippen LogP contribution in [-0.4, -0.2) is 24.4 Å². The third kappa shape index (κ3) is 12.1. The van der Waals surface area contributed by atoms with Gasteiger partial charge >= 0.3 is 47.0 Å². The summed E-state index contributed by atoms with van der Waals surface area (Å²) in [7, 11) is 0. The topological polar surface area (TPSA) is 34.1 Å². The van der Waals surface area contributed by atoms with E-state index in [0.29, 0.717) is 0 Å². The molecule has 0 radical (unpaired) electrons. The van der Waals surface area contributed by atoms with Crippen LogP contribution in [0.5, 0.6) is 0 Å². The van der Waals surface area contributed by atoms with E-state index < -0.39 is 0 Å². The number of hydrogen-bond donors (Lipinski definition) is 0. The van der Waals surface area contributed by atoms with E-state index in [1.54, 1.807) is 0 Å². The maximum absolute atomic E-state index is 8.42. The molecule has 0 spiro atoms. The average Bonchev–Trinajstić information content (AvgIpc) is 1.50. The second kappa shape index (κ2) is 36.4. The summed E-state index contributed by atoms with van der Waals surface area (Å²) in [5, 5.41) is 0. The Balaban J connectivity index is 0. The van der Waals surface area contributed by atoms with Crippen LogP contribution < -0.4 is 0 Å². The monoisotopic (exact) mass is 211 g/mol. The van der Waals surface area contributed by atoms with Gasteiger partial charge in [-0.05, 0) is 0 Å². The van der Waals surface area contributed by atoms with Gasteiger partial charge in [0.15, 0.2) is 0 Å². The van der Waals surface area contributed by atoms with Crippen LogP contribution in [0.25, 0.3) is 0 Å². The third-order valence-corrected chi connectivity index (χ3v) is 0. The first-order chi connectivity index (χ1) is 2.00. The summed E-state index contributed by atoms with van der Waals surface area (Å²) in [4.78, 5) is 0. The number of rotatable bonds is 0. The summed E-state index contributed by atoms with van der Waals surface area (Å²) >= 11 is 2.84. The van der Waals surface area contributed by atoms with Crippen molar-refractivity contribution in [3.05, 3.63) is 0 Å². The van der Waals surface area contributed by atoms with Crippen LogP contribution in [0.4, 0.5) is 0 Å². The SMILES string of the molecule is [O]=[Cu].[O]=[InH]. The predicted octanol–water partition coefficient (Wildman–Crippen LogP) is -0.889. The van der Waals surface area contributed by atoms with Gasteiger partial charge in [-0.1, -0.05) is 0 Å². The van der Waals surface area contributed by atoms with E-state index in [4.69, 9.17) is 6.69 Å². The molecule has 0 aromatic heterocycles. The molecule has 2 nitrogen and oxygen atoms in total. The van der Waals surface area contributed by atoms with Gasteiger partial charge in [0.2, 0.25) is 0 Å². The molecule has 0 aliphatic rings. The Morgan fingerprint density at radius 2 is 1.25 bits per heavy atom. The van der Waals surface area contributed by atoms with Crippen molar-refractivity contribution >= 4 is 24.4 Å². The molecule has 0 aliphatic heterocycles. The van der Waals surface area contributed by atoms with Crippen molar-refractivity contribution in [2.45, 2.75) is 0 Å². The van der Waals surface area contributed by atoms with E-state index in [9.17, 15) is 0 Å². The van der Waals surface area contributed by atoms with Crippen molar-refractivity contribution < 1.29 is 22.6 Å². The van der Waals surface area contributed by atoms with Gasteiger partial charge in [-0.2, -0.15) is 0 Å². The average molecular weight is 211 g/mol. The van der Waals surface area contributed by atoms with Gasteiger partial charge in [-0.25, -0.2) is 0 Å². The minimum atomic E-state index is -0.1000. The van der Waals surface area contributed by atoms with E-state index in [1.165, 1.54) is 0 Å². The van der Waals surface area contributed by atoms with Gasteiger partial charge in [0.1, 0.15) is 0 Å². The van der Waals surface area contributed by atoms with Crippen LogP contribution in [0.3, 0.4) is 0 Å². The van der Waals surface area contributed by atoms with Gasteiger partial charge in [0.25, 0.3) is 0 Å². The van der Waals surface area contributed by atoms with Crippen molar-refractivity contribution in [1.82, 2.24) is 0 Å². The molecule has 0 aromatic carbocycles. The molecule has 0 rings (SSSR count). The fourth-order valence-corrected chi connectivity index (χ4v) is 0. The van der Waals surface area contributed by atoms with Crippen molar-refractivity contribution in [2.75, 3.05) is 0 Å². The van der Waals surface area contributed by atoms with Crippen LogP contribution in [-0.2, 0) is 22.6 Å². The van der Waals surface area contributed by atoms with E-state index in [1.807, 2.05) is 0 Å². The standard InChI is InChI=1S/Cu.In.2O.H. The molecule has 4 heteroatoms. The zero-order chi connectivity index (χ0) is 4.00. The van der Waals surface area contributed by atoms with Gasteiger partial charge < -0.3 is 0 Å². The molecule has 0 fully saturated rings. The van der Waals surface area contributed by atoms with Gasteiger partial charge in [0, 0.05) is 0 Å². The van der Waals surface area contributed by atoms with Crippen molar-refractivity contribution in [2.24, 2.45) is 0 Å². The number of hydrogen-bond acceptors (Lipinski definition) is 2. The second-order valence-corrected chi connectivity index (χ2v) is 0. The Morgan fingerprint density at radius 3 is 1.25 bits per heavy atom. The molecule has 0 saturated carbocycles. The first-order valence-corrected chi connectivity index (χ1v) is 2.44. The van der Waals surface area contributed by atoms with Crippen LogP contribution in [0.15, 0.2) is 0 Å². The second-order valence-electron chi connectivity index (χ2n) is 0. The Kier molecular flexibility index (Phi) is 80.9. The molecule has 0 N–H and O–H groups in total. The Bertz CT molecular complexity index is 8.00. The first-order valence-electron chi connectivity index (χ1n) is 0.412. The fraction of sp³-hybridized carbons (Fsp3) is 0. The summed E-state index contributed by atoms with van der Waals surface area (Å²) in [6, 6.07) is 0. The van der Waals surface area contributed by atoms with Crippen molar-refractivity contribution in [3.8, 4) is 0 Å². The molecule has 0 bridgehead atoms. The molecular weight excluding hydrogens is 210 g/mol. The third-order valence-electron chi connectivity index (χ3n) is 0. The van der Waals surface area contributed by atoms with Gasteiger partial charge in [-0.15, -0.1) is 0 Å². The van der Waals surface area contributed by atoms with Gasteiger partial charge in [0.05, 0.1) is 0 Å². The van der Waals surface area contributed by atoms with Gasteiger partial charge in [-0.3, -0.25) is 0 Å². The Morgan fingerprint density at radius 1 is 1.25 bits per heavy atom. The minimum absolute atomic E-state index is 0.1000. The summed E-state index contributed by atoms with van der Waals surface area (Å²) in [6.07, 6.45) is 0. The van der Waals surface area contributed by atoms with Crippen molar-refractivity contribution in [1.29, 1.82) is 0 Å². The van der Waals surface area contributed by atoms with Crippen LogP contribution in [0.2, 0.25) is 0 Å². The first kappa shape index (κ1) is 8.89. The van der Waals surface area contributed by atoms with Crippen LogP contribution in [0, 0.1) is 0 Å². The zero-order valence-electron chi connectivity index (χ0n) is 1.83. The molecule has 0 aliphatic carbocycles. The van der Waals surface area contributed by atoms with E-state index >= 15 is 0 Å². The normalized spacial score (nSPS) is 2.25. The summed E-state index contributed by atoms with van der Waals surface area (Å²) in [5.74, 6) is 0. The predicted molar refractivity (Wildman–Crippen MR) is 8.52 cm³/mol. The van der Waals surface area contributed by atoms with Crippen LogP contribution >= 0.6 is 0 Å². The summed E-state index contributed by atoms with van der Waals surface area (Å²) in [5.41, 5.74) is 0. The molecule has 4 heavy (non-hydrogen) atoms. The zero-order valence-corrected chi connectivity index (χ0v) is 6.80. The molecule has 27 valence electrons. The molecule has 0 heterocycles. The molecule has 0 atom stereocenters.